The van der Waals surface area contributed by atoms with Crippen LogP contribution in [0.1, 0.15) is 39.5 Å². The number of alkyl halides is 1. The summed E-state index contributed by atoms with van der Waals surface area (Å²) in [5, 5.41) is 0. The smallest absolute Gasteiger partial charge is 0.0596 e. The number of rotatable bonds is 5. The van der Waals surface area contributed by atoms with Gasteiger partial charge in [-0.2, -0.15) is 0 Å². The van der Waals surface area contributed by atoms with Crippen molar-refractivity contribution in [2.24, 2.45) is 5.92 Å². The van der Waals surface area contributed by atoms with Gasteiger partial charge in [0, 0.05) is 11.4 Å². The lowest BCUT2D eigenvalue weighted by atomic mass is 9.96. The molecule has 0 heterocycles. The third-order valence-electron chi connectivity index (χ3n) is 2.32. The first kappa shape index (κ1) is 10.5. The second-order valence-corrected chi connectivity index (χ2v) is 5.39. The second kappa shape index (κ2) is 5.23. The number of hydrogen-bond acceptors (Lipinski definition) is 1. The van der Waals surface area contributed by atoms with E-state index in [0.29, 0.717) is 6.10 Å². The van der Waals surface area contributed by atoms with Crippen LogP contribution in [0, 0.1) is 5.92 Å². The number of ether oxygens (including phenoxy) is 1. The molecule has 1 saturated carbocycles. The van der Waals surface area contributed by atoms with Crippen LogP contribution in [-0.2, 0) is 4.74 Å². The maximum absolute atomic E-state index is 5.67. The Morgan fingerprint density at radius 3 is 2.58 bits per heavy atom. The summed E-state index contributed by atoms with van der Waals surface area (Å²) in [6.07, 6.45) is 5.50. The van der Waals surface area contributed by atoms with Gasteiger partial charge in [0.25, 0.3) is 0 Å². The van der Waals surface area contributed by atoms with Crippen LogP contribution in [0.25, 0.3) is 0 Å². The van der Waals surface area contributed by atoms with E-state index in [1.54, 1.807) is 0 Å². The van der Waals surface area contributed by atoms with Gasteiger partial charge in [-0.05, 0) is 31.6 Å². The molecule has 72 valence electrons. The molecule has 1 fully saturated rings. The van der Waals surface area contributed by atoms with Gasteiger partial charge in [-0.25, -0.2) is 0 Å². The van der Waals surface area contributed by atoms with Gasteiger partial charge in [0.15, 0.2) is 0 Å². The summed E-state index contributed by atoms with van der Waals surface area (Å²) in [7, 11) is 0. The zero-order chi connectivity index (χ0) is 8.97. The Morgan fingerprint density at radius 1 is 1.42 bits per heavy atom. The van der Waals surface area contributed by atoms with Crippen molar-refractivity contribution in [3.05, 3.63) is 0 Å². The zero-order valence-corrected chi connectivity index (χ0v) is 9.64. The third kappa shape index (κ3) is 3.90. The Labute approximate surface area is 84.0 Å². The van der Waals surface area contributed by atoms with Gasteiger partial charge in [0.1, 0.15) is 0 Å². The Balaban J connectivity index is 1.83. The average molecular weight is 235 g/mol. The Bertz CT molecular complexity index is 119. The van der Waals surface area contributed by atoms with Crippen LogP contribution in [0.4, 0.5) is 0 Å². The molecule has 0 aromatic carbocycles. The predicted molar refractivity (Wildman–Crippen MR) is 55.8 cm³/mol. The van der Waals surface area contributed by atoms with E-state index in [1.165, 1.54) is 25.7 Å². The molecule has 0 unspecified atom stereocenters. The van der Waals surface area contributed by atoms with Crippen molar-refractivity contribution in [3.8, 4) is 0 Å². The van der Waals surface area contributed by atoms with Crippen molar-refractivity contribution in [1.82, 2.24) is 0 Å². The van der Waals surface area contributed by atoms with E-state index in [-0.39, 0.29) is 0 Å². The molecule has 1 nitrogen and oxygen atoms in total. The molecule has 12 heavy (non-hydrogen) atoms. The molecule has 0 radical (unpaired) electrons. The highest BCUT2D eigenvalue weighted by Gasteiger charge is 2.26. The van der Waals surface area contributed by atoms with E-state index in [4.69, 9.17) is 4.74 Å². The first-order valence-corrected chi connectivity index (χ1v) is 5.85. The van der Waals surface area contributed by atoms with Crippen LogP contribution < -0.4 is 0 Å². The van der Waals surface area contributed by atoms with Crippen LogP contribution in [0.2, 0.25) is 0 Å². The molecule has 0 amide bonds. The van der Waals surface area contributed by atoms with Gasteiger partial charge in [0.2, 0.25) is 0 Å². The van der Waals surface area contributed by atoms with E-state index in [1.807, 2.05) is 0 Å². The molecule has 0 N–H and O–H groups in total. The fraction of sp³-hybridized carbons (Fsp3) is 1.00. The van der Waals surface area contributed by atoms with Crippen LogP contribution in [0.3, 0.4) is 0 Å². The fourth-order valence-corrected chi connectivity index (χ4v) is 2.21. The lowest BCUT2D eigenvalue weighted by molar-refractivity contribution is 0.00468. The summed E-state index contributed by atoms with van der Waals surface area (Å²) in [6, 6.07) is 0. The highest BCUT2D eigenvalue weighted by molar-refractivity contribution is 9.09. The largest absolute Gasteiger partial charge is 0.378 e. The Hall–Kier alpha value is 0.440. The molecule has 0 aliphatic heterocycles. The summed E-state index contributed by atoms with van der Waals surface area (Å²) in [5.74, 6) is 0.818. The van der Waals surface area contributed by atoms with Crippen LogP contribution in [0.5, 0.6) is 0 Å². The van der Waals surface area contributed by atoms with Crippen LogP contribution in [-0.4, -0.2) is 17.5 Å². The monoisotopic (exact) mass is 234 g/mol. The SMILES string of the molecule is CC(C)CCCOC1CC(Br)C1. The van der Waals surface area contributed by atoms with E-state index >= 15 is 0 Å². The molecular weight excluding hydrogens is 216 g/mol. The molecule has 0 spiro atoms. The van der Waals surface area contributed by atoms with Crippen molar-refractivity contribution in [2.45, 2.75) is 50.5 Å². The van der Waals surface area contributed by atoms with E-state index in [0.717, 1.165) is 17.4 Å². The third-order valence-corrected chi connectivity index (χ3v) is 3.06. The molecule has 1 rings (SSSR count). The Morgan fingerprint density at radius 2 is 2.08 bits per heavy atom. The van der Waals surface area contributed by atoms with Gasteiger partial charge >= 0.3 is 0 Å². The Kier molecular flexibility index (Phi) is 4.59. The van der Waals surface area contributed by atoms with Crippen molar-refractivity contribution < 1.29 is 4.74 Å². The summed E-state index contributed by atoms with van der Waals surface area (Å²) < 4.78 is 5.67. The second-order valence-electron chi connectivity index (χ2n) is 4.10. The van der Waals surface area contributed by atoms with E-state index in [9.17, 15) is 0 Å². The molecule has 0 atom stereocenters. The lowest BCUT2D eigenvalue weighted by Gasteiger charge is -2.31. The average Bonchev–Trinajstić information content (AvgIpc) is 1.93. The summed E-state index contributed by atoms with van der Waals surface area (Å²) in [6.45, 7) is 5.48. The maximum atomic E-state index is 5.67. The van der Waals surface area contributed by atoms with E-state index < -0.39 is 0 Å². The quantitative estimate of drug-likeness (QED) is 0.524. The van der Waals surface area contributed by atoms with Gasteiger partial charge in [0.05, 0.1) is 6.10 Å². The van der Waals surface area contributed by atoms with Gasteiger partial charge in [-0.1, -0.05) is 29.8 Å². The molecule has 1 aliphatic rings. The zero-order valence-electron chi connectivity index (χ0n) is 8.05. The molecule has 0 aromatic heterocycles. The molecule has 2 heteroatoms. The van der Waals surface area contributed by atoms with Gasteiger partial charge in [-0.3, -0.25) is 0 Å². The van der Waals surface area contributed by atoms with Crippen molar-refractivity contribution >= 4 is 15.9 Å². The molecule has 0 saturated heterocycles. The predicted octanol–water partition coefficient (Wildman–Crippen LogP) is 3.37. The highest BCUT2D eigenvalue weighted by atomic mass is 79.9. The summed E-state index contributed by atoms with van der Waals surface area (Å²) >= 11 is 3.55. The van der Waals surface area contributed by atoms with Crippen molar-refractivity contribution in [2.75, 3.05) is 6.61 Å². The first-order valence-electron chi connectivity index (χ1n) is 4.94. The van der Waals surface area contributed by atoms with Crippen LogP contribution >= 0.6 is 15.9 Å². The number of halogens is 1. The van der Waals surface area contributed by atoms with Gasteiger partial charge in [-0.15, -0.1) is 0 Å². The maximum Gasteiger partial charge on any atom is 0.0596 e. The molecule has 0 bridgehead atoms. The summed E-state index contributed by atoms with van der Waals surface area (Å²) in [5.41, 5.74) is 0. The van der Waals surface area contributed by atoms with Crippen LogP contribution in [0.15, 0.2) is 0 Å². The first-order chi connectivity index (χ1) is 5.68. The standard InChI is InChI=1S/C10H19BrO/c1-8(2)4-3-5-12-10-6-9(11)7-10/h8-10H,3-7H2,1-2H3. The van der Waals surface area contributed by atoms with Gasteiger partial charge < -0.3 is 4.74 Å². The minimum Gasteiger partial charge on any atom is -0.378 e. The minimum atomic E-state index is 0.557. The number of hydrogen-bond donors (Lipinski definition) is 0. The molecular formula is C10H19BrO. The fourth-order valence-electron chi connectivity index (χ4n) is 1.38. The molecule has 0 aromatic rings. The lowest BCUT2D eigenvalue weighted by Crippen LogP contribution is -2.31. The van der Waals surface area contributed by atoms with E-state index in [2.05, 4.69) is 29.8 Å². The normalized spacial score (nSPS) is 29.0. The molecule has 1 aliphatic carbocycles. The minimum absolute atomic E-state index is 0.557. The highest BCUT2D eigenvalue weighted by Crippen LogP contribution is 2.29. The van der Waals surface area contributed by atoms with Crippen molar-refractivity contribution in [3.63, 3.8) is 0 Å². The summed E-state index contributed by atoms with van der Waals surface area (Å²) in [4.78, 5) is 0.729. The topological polar surface area (TPSA) is 9.23 Å². The van der Waals surface area contributed by atoms with Crippen molar-refractivity contribution in [1.29, 1.82) is 0 Å².